The summed E-state index contributed by atoms with van der Waals surface area (Å²) in [5, 5.41) is 0. The zero-order valence-electron chi connectivity index (χ0n) is 12.1. The van der Waals surface area contributed by atoms with Gasteiger partial charge in [0.1, 0.15) is 0 Å². The van der Waals surface area contributed by atoms with Gasteiger partial charge in [-0.25, -0.2) is 0 Å². The minimum atomic E-state index is -0.273. The summed E-state index contributed by atoms with van der Waals surface area (Å²) >= 11 is 0. The van der Waals surface area contributed by atoms with Crippen molar-refractivity contribution in [3.8, 4) is 0 Å². The fourth-order valence-electron chi connectivity index (χ4n) is 2.46. The Morgan fingerprint density at radius 3 is 2.50 bits per heavy atom. The summed E-state index contributed by atoms with van der Waals surface area (Å²) < 4.78 is 16.9. The van der Waals surface area contributed by atoms with Gasteiger partial charge < -0.3 is 14.0 Å². The molecule has 2 atom stereocenters. The quantitative estimate of drug-likeness (QED) is 0.749. The van der Waals surface area contributed by atoms with Gasteiger partial charge in [0.15, 0.2) is 0 Å². The molecule has 0 radical (unpaired) electrons. The van der Waals surface area contributed by atoms with E-state index in [1.165, 1.54) is 0 Å². The number of rotatable bonds is 3. The number of ether oxygens (including phenoxy) is 1. The second kappa shape index (κ2) is 6.22. The highest BCUT2D eigenvalue weighted by molar-refractivity contribution is 6.61. The van der Waals surface area contributed by atoms with Crippen LogP contribution in [0.3, 0.4) is 0 Å². The molecular formula is C14H21BN2O3. The number of hydrogen-bond donors (Lipinski definition) is 0. The van der Waals surface area contributed by atoms with E-state index in [1.807, 2.05) is 20.0 Å². The number of hydrogen-bond acceptors (Lipinski definition) is 5. The lowest BCUT2D eigenvalue weighted by Crippen LogP contribution is -2.36. The van der Waals surface area contributed by atoms with E-state index in [9.17, 15) is 0 Å². The van der Waals surface area contributed by atoms with Crippen molar-refractivity contribution in [2.24, 2.45) is 0 Å². The van der Waals surface area contributed by atoms with E-state index in [-0.39, 0.29) is 19.3 Å². The van der Waals surface area contributed by atoms with Crippen molar-refractivity contribution in [3.63, 3.8) is 0 Å². The first-order valence-electron chi connectivity index (χ1n) is 7.28. The second-order valence-electron chi connectivity index (χ2n) is 5.49. The van der Waals surface area contributed by atoms with Gasteiger partial charge in [0.05, 0.1) is 31.1 Å². The fourth-order valence-corrected chi connectivity index (χ4v) is 2.46. The molecule has 3 heterocycles. The van der Waals surface area contributed by atoms with Crippen LogP contribution in [0.4, 0.5) is 0 Å². The molecule has 0 aliphatic carbocycles. The molecule has 0 bridgehead atoms. The molecule has 6 heteroatoms. The van der Waals surface area contributed by atoms with E-state index < -0.39 is 0 Å². The van der Waals surface area contributed by atoms with Gasteiger partial charge in [-0.05, 0) is 19.9 Å². The minimum Gasteiger partial charge on any atom is -0.402 e. The van der Waals surface area contributed by atoms with Gasteiger partial charge in [-0.15, -0.1) is 0 Å². The molecule has 2 aliphatic rings. The smallest absolute Gasteiger partial charge is 0.402 e. The highest BCUT2D eigenvalue weighted by atomic mass is 16.7. The average Bonchev–Trinajstić information content (AvgIpc) is 2.81. The Labute approximate surface area is 120 Å². The lowest BCUT2D eigenvalue weighted by atomic mass is 9.80. The van der Waals surface area contributed by atoms with Crippen LogP contribution in [0.15, 0.2) is 18.3 Å². The molecule has 3 rings (SSSR count). The molecule has 108 valence electrons. The highest BCUT2D eigenvalue weighted by Gasteiger charge is 2.36. The van der Waals surface area contributed by atoms with Crippen LogP contribution in [0.2, 0.25) is 0 Å². The van der Waals surface area contributed by atoms with Crippen LogP contribution < -0.4 is 5.46 Å². The third-order valence-electron chi connectivity index (χ3n) is 3.95. The second-order valence-corrected chi connectivity index (χ2v) is 5.49. The summed E-state index contributed by atoms with van der Waals surface area (Å²) in [4.78, 5) is 6.88. The molecule has 2 fully saturated rings. The van der Waals surface area contributed by atoms with Crippen LogP contribution in [-0.4, -0.2) is 55.5 Å². The zero-order chi connectivity index (χ0) is 13.9. The Hall–Kier alpha value is -0.945. The van der Waals surface area contributed by atoms with Crippen molar-refractivity contribution >= 4 is 12.6 Å². The predicted molar refractivity (Wildman–Crippen MR) is 76.8 cm³/mol. The SMILES string of the molecule is CC1OB(c2ccc(CN3CCOCC3)nc2)OC1C. The minimum absolute atomic E-state index is 0.132. The van der Waals surface area contributed by atoms with Crippen molar-refractivity contribution in [1.82, 2.24) is 9.88 Å². The number of aromatic nitrogens is 1. The van der Waals surface area contributed by atoms with E-state index in [2.05, 4.69) is 22.0 Å². The molecule has 5 nitrogen and oxygen atoms in total. The third-order valence-corrected chi connectivity index (χ3v) is 3.95. The molecule has 0 spiro atoms. The summed E-state index contributed by atoms with van der Waals surface area (Å²) in [5.74, 6) is 0. The lowest BCUT2D eigenvalue weighted by Gasteiger charge is -2.26. The topological polar surface area (TPSA) is 43.8 Å². The maximum Gasteiger partial charge on any atom is 0.496 e. The normalized spacial score (nSPS) is 28.0. The van der Waals surface area contributed by atoms with E-state index >= 15 is 0 Å². The zero-order valence-corrected chi connectivity index (χ0v) is 12.1. The molecule has 0 saturated carbocycles. The molecule has 1 aromatic rings. The number of nitrogens with zero attached hydrogens (tertiary/aromatic N) is 2. The Balaban J connectivity index is 1.59. The van der Waals surface area contributed by atoms with Crippen LogP contribution in [-0.2, 0) is 20.6 Å². The summed E-state index contributed by atoms with van der Waals surface area (Å²) in [5.41, 5.74) is 2.07. The van der Waals surface area contributed by atoms with Crippen LogP contribution in [0, 0.1) is 0 Å². The molecular weight excluding hydrogens is 255 g/mol. The van der Waals surface area contributed by atoms with Crippen molar-refractivity contribution in [2.75, 3.05) is 26.3 Å². The van der Waals surface area contributed by atoms with Crippen molar-refractivity contribution in [1.29, 1.82) is 0 Å². The van der Waals surface area contributed by atoms with Gasteiger partial charge in [0.2, 0.25) is 0 Å². The first kappa shape index (κ1) is 14.0. The summed E-state index contributed by atoms with van der Waals surface area (Å²) in [7, 11) is -0.273. The van der Waals surface area contributed by atoms with Crippen LogP contribution in [0.5, 0.6) is 0 Å². The Bertz CT molecular complexity index is 427. The highest BCUT2D eigenvalue weighted by Crippen LogP contribution is 2.15. The maximum atomic E-state index is 5.76. The van der Waals surface area contributed by atoms with Crippen molar-refractivity contribution in [3.05, 3.63) is 24.0 Å². The van der Waals surface area contributed by atoms with Crippen LogP contribution in [0.1, 0.15) is 19.5 Å². The lowest BCUT2D eigenvalue weighted by molar-refractivity contribution is 0.0336. The fraction of sp³-hybridized carbons (Fsp3) is 0.643. The van der Waals surface area contributed by atoms with E-state index in [0.717, 1.165) is 44.0 Å². The van der Waals surface area contributed by atoms with Gasteiger partial charge in [-0.2, -0.15) is 0 Å². The predicted octanol–water partition coefficient (Wildman–Crippen LogP) is 0.433. The molecule has 1 aromatic heterocycles. The van der Waals surface area contributed by atoms with Crippen molar-refractivity contribution in [2.45, 2.75) is 32.6 Å². The van der Waals surface area contributed by atoms with Gasteiger partial charge in [0.25, 0.3) is 0 Å². The molecule has 2 unspecified atom stereocenters. The molecule has 0 amide bonds. The van der Waals surface area contributed by atoms with Gasteiger partial charge in [-0.3, -0.25) is 9.88 Å². The first-order chi connectivity index (χ1) is 9.72. The monoisotopic (exact) mass is 276 g/mol. The Morgan fingerprint density at radius 2 is 1.90 bits per heavy atom. The standard InChI is InChI=1S/C14H21BN2O3/c1-11-12(2)20-15(19-11)13-3-4-14(16-9-13)10-17-5-7-18-8-6-17/h3-4,9,11-12H,5-8,10H2,1-2H3. The van der Waals surface area contributed by atoms with E-state index in [4.69, 9.17) is 14.0 Å². The Morgan fingerprint density at radius 1 is 1.20 bits per heavy atom. The molecule has 20 heavy (non-hydrogen) atoms. The van der Waals surface area contributed by atoms with Crippen LogP contribution >= 0.6 is 0 Å². The Kier molecular flexibility index (Phi) is 4.36. The summed E-state index contributed by atoms with van der Waals surface area (Å²) in [6.07, 6.45) is 2.13. The van der Waals surface area contributed by atoms with Gasteiger partial charge >= 0.3 is 7.12 Å². The van der Waals surface area contributed by atoms with Gasteiger partial charge in [-0.1, -0.05) is 6.07 Å². The number of morpholine rings is 1. The first-order valence-corrected chi connectivity index (χ1v) is 7.28. The molecule has 0 N–H and O–H groups in total. The molecule has 2 aliphatic heterocycles. The van der Waals surface area contributed by atoms with E-state index in [0.29, 0.717) is 0 Å². The summed E-state index contributed by atoms with van der Waals surface area (Å²) in [6, 6.07) is 4.11. The maximum absolute atomic E-state index is 5.76. The molecule has 2 saturated heterocycles. The summed E-state index contributed by atoms with van der Waals surface area (Å²) in [6.45, 7) is 8.54. The average molecular weight is 276 g/mol. The largest absolute Gasteiger partial charge is 0.496 e. The molecule has 0 aromatic carbocycles. The van der Waals surface area contributed by atoms with Crippen molar-refractivity contribution < 1.29 is 14.0 Å². The van der Waals surface area contributed by atoms with E-state index in [1.54, 1.807) is 0 Å². The van der Waals surface area contributed by atoms with Gasteiger partial charge in [0, 0.05) is 31.3 Å². The number of pyridine rings is 1. The van der Waals surface area contributed by atoms with Crippen LogP contribution in [0.25, 0.3) is 0 Å². The third kappa shape index (κ3) is 3.20.